The van der Waals surface area contributed by atoms with Gasteiger partial charge >= 0.3 is 0 Å². The second-order valence-corrected chi connectivity index (χ2v) is 7.10. The fraction of sp³-hybridized carbons (Fsp3) is 0.353. The first-order valence-corrected chi connectivity index (χ1v) is 9.22. The van der Waals surface area contributed by atoms with Crippen LogP contribution in [0.3, 0.4) is 0 Å². The van der Waals surface area contributed by atoms with Gasteiger partial charge in [-0.05, 0) is 24.1 Å². The zero-order valence-corrected chi connectivity index (χ0v) is 16.0. The van der Waals surface area contributed by atoms with Crippen LogP contribution in [0, 0.1) is 6.92 Å². The van der Waals surface area contributed by atoms with E-state index in [0.717, 1.165) is 11.1 Å². The summed E-state index contributed by atoms with van der Waals surface area (Å²) in [5.74, 6) is 0.503. The smallest absolute Gasteiger partial charge is 0.292 e. The van der Waals surface area contributed by atoms with Crippen molar-refractivity contribution in [3.8, 4) is 0 Å². The van der Waals surface area contributed by atoms with Gasteiger partial charge in [0.05, 0.1) is 13.2 Å². The standard InChI is InChI=1S/C17H19ClN4O3S/c1-10-11(4-3-5-12(10)18)8-22-13(9-25-2)20-16(24)14-15(22)21-17(26-14)19-6-7-23/h3-5,23H,6-9H2,1-2H3,(H,19,21). The van der Waals surface area contributed by atoms with Crippen molar-refractivity contribution >= 4 is 38.4 Å². The van der Waals surface area contributed by atoms with Crippen LogP contribution in [0.1, 0.15) is 17.0 Å². The fourth-order valence-electron chi connectivity index (χ4n) is 2.62. The van der Waals surface area contributed by atoms with Crippen molar-refractivity contribution in [2.45, 2.75) is 20.1 Å². The zero-order valence-electron chi connectivity index (χ0n) is 14.5. The lowest BCUT2D eigenvalue weighted by Crippen LogP contribution is -2.20. The molecule has 0 aliphatic carbocycles. The number of thiazole rings is 1. The first-order valence-electron chi connectivity index (χ1n) is 8.03. The van der Waals surface area contributed by atoms with Crippen molar-refractivity contribution in [1.29, 1.82) is 0 Å². The van der Waals surface area contributed by atoms with Gasteiger partial charge in [-0.3, -0.25) is 4.79 Å². The summed E-state index contributed by atoms with van der Waals surface area (Å²) in [6.45, 7) is 2.96. The molecule has 0 saturated heterocycles. The van der Waals surface area contributed by atoms with E-state index in [-0.39, 0.29) is 18.8 Å². The third kappa shape index (κ3) is 3.73. The highest BCUT2D eigenvalue weighted by atomic mass is 35.5. The Kier molecular flexibility index (Phi) is 5.87. The van der Waals surface area contributed by atoms with E-state index in [1.807, 2.05) is 29.7 Å². The number of hydrogen-bond acceptors (Lipinski definition) is 7. The number of nitrogens with zero attached hydrogens (tertiary/aromatic N) is 3. The van der Waals surface area contributed by atoms with Crippen molar-refractivity contribution in [3.05, 3.63) is 50.5 Å². The van der Waals surface area contributed by atoms with Gasteiger partial charge < -0.3 is 19.7 Å². The minimum atomic E-state index is -0.333. The number of hydrogen-bond donors (Lipinski definition) is 2. The molecule has 9 heteroatoms. The zero-order chi connectivity index (χ0) is 18.7. The highest BCUT2D eigenvalue weighted by molar-refractivity contribution is 7.22. The van der Waals surface area contributed by atoms with Crippen molar-refractivity contribution in [2.24, 2.45) is 0 Å². The number of methoxy groups -OCH3 is 1. The molecule has 0 aliphatic heterocycles. The van der Waals surface area contributed by atoms with Gasteiger partial charge in [0.25, 0.3) is 5.56 Å². The summed E-state index contributed by atoms with van der Waals surface area (Å²) in [6.07, 6.45) is 0. The lowest BCUT2D eigenvalue weighted by molar-refractivity contribution is 0.174. The fourth-order valence-corrected chi connectivity index (χ4v) is 3.70. The molecular weight excluding hydrogens is 376 g/mol. The lowest BCUT2D eigenvalue weighted by atomic mass is 10.1. The summed E-state index contributed by atoms with van der Waals surface area (Å²) in [4.78, 5) is 21.1. The van der Waals surface area contributed by atoms with Gasteiger partial charge in [-0.2, -0.15) is 4.98 Å². The Hall–Kier alpha value is -2.00. The predicted octanol–water partition coefficient (Wildman–Crippen LogP) is 2.41. The number of aliphatic hydroxyl groups excluding tert-OH is 1. The molecule has 0 aliphatic rings. The summed E-state index contributed by atoms with van der Waals surface area (Å²) < 4.78 is 7.55. The number of rotatable bonds is 7. The number of benzene rings is 1. The molecule has 0 spiro atoms. The van der Waals surface area contributed by atoms with Gasteiger partial charge in [0.15, 0.2) is 10.8 Å². The van der Waals surface area contributed by atoms with Crippen LogP contribution in [0.4, 0.5) is 5.13 Å². The maximum atomic E-state index is 12.4. The van der Waals surface area contributed by atoms with Gasteiger partial charge in [0.1, 0.15) is 17.1 Å². The average molecular weight is 395 g/mol. The third-order valence-electron chi connectivity index (χ3n) is 3.97. The molecule has 1 aromatic carbocycles. The molecule has 3 rings (SSSR count). The van der Waals surface area contributed by atoms with Gasteiger partial charge in [-0.25, -0.2) is 4.98 Å². The molecule has 0 unspecified atom stereocenters. The Labute approximate surface area is 159 Å². The SMILES string of the molecule is COCc1nc(=O)c2sc(NCCO)nc2n1Cc1cccc(Cl)c1C. The molecular formula is C17H19ClN4O3S. The molecule has 2 N–H and O–H groups in total. The molecule has 7 nitrogen and oxygen atoms in total. The van der Waals surface area contributed by atoms with Crippen LogP contribution >= 0.6 is 22.9 Å². The summed E-state index contributed by atoms with van der Waals surface area (Å²) in [5.41, 5.74) is 2.19. The van der Waals surface area contributed by atoms with E-state index in [4.69, 9.17) is 21.4 Å². The molecule has 2 heterocycles. The molecule has 3 aromatic rings. The number of aliphatic hydroxyl groups is 1. The number of fused-ring (bicyclic) bond motifs is 1. The molecule has 26 heavy (non-hydrogen) atoms. The van der Waals surface area contributed by atoms with Crippen molar-refractivity contribution < 1.29 is 9.84 Å². The quantitative estimate of drug-likeness (QED) is 0.639. The van der Waals surface area contributed by atoms with Gasteiger partial charge in [0, 0.05) is 18.7 Å². The Bertz CT molecular complexity index is 986. The van der Waals surface area contributed by atoms with E-state index in [9.17, 15) is 4.79 Å². The molecule has 138 valence electrons. The largest absolute Gasteiger partial charge is 0.395 e. The Morgan fingerprint density at radius 2 is 2.19 bits per heavy atom. The Balaban J connectivity index is 2.15. The van der Waals surface area contributed by atoms with Crippen LogP contribution in [0.2, 0.25) is 5.02 Å². The van der Waals surface area contributed by atoms with Crippen LogP contribution in [-0.2, 0) is 17.9 Å². The lowest BCUT2D eigenvalue weighted by Gasteiger charge is -2.15. The highest BCUT2D eigenvalue weighted by Gasteiger charge is 2.17. The first kappa shape index (κ1) is 18.8. The number of nitrogens with one attached hydrogen (secondary N) is 1. The van der Waals surface area contributed by atoms with Crippen molar-refractivity contribution in [1.82, 2.24) is 14.5 Å². The molecule has 0 fully saturated rings. The second-order valence-electron chi connectivity index (χ2n) is 5.70. The third-order valence-corrected chi connectivity index (χ3v) is 5.37. The van der Waals surface area contributed by atoms with Crippen LogP contribution in [0.25, 0.3) is 10.3 Å². The maximum absolute atomic E-state index is 12.4. The van der Waals surface area contributed by atoms with Crippen molar-refractivity contribution in [2.75, 3.05) is 25.6 Å². The molecule has 0 bridgehead atoms. The number of halogens is 1. The normalized spacial score (nSPS) is 11.2. The minimum absolute atomic E-state index is 0.0188. The first-order chi connectivity index (χ1) is 12.5. The average Bonchev–Trinajstić information content (AvgIpc) is 3.05. The maximum Gasteiger partial charge on any atom is 0.292 e. The van der Waals surface area contributed by atoms with Crippen LogP contribution in [-0.4, -0.2) is 39.9 Å². The summed E-state index contributed by atoms with van der Waals surface area (Å²) >= 11 is 7.47. The molecule has 2 aromatic heterocycles. The summed E-state index contributed by atoms with van der Waals surface area (Å²) in [5, 5.41) is 13.2. The van der Waals surface area contributed by atoms with Gasteiger partial charge in [-0.15, -0.1) is 0 Å². The van der Waals surface area contributed by atoms with Gasteiger partial charge in [-0.1, -0.05) is 35.1 Å². The summed E-state index contributed by atoms with van der Waals surface area (Å²) in [7, 11) is 1.56. The van der Waals surface area contributed by atoms with Crippen LogP contribution in [0.5, 0.6) is 0 Å². The van der Waals surface area contributed by atoms with Crippen LogP contribution in [0.15, 0.2) is 23.0 Å². The molecule has 0 saturated carbocycles. The monoisotopic (exact) mass is 394 g/mol. The molecule has 0 amide bonds. The molecule has 0 atom stereocenters. The number of anilines is 1. The van der Waals surface area contributed by atoms with E-state index in [1.54, 1.807) is 7.11 Å². The Morgan fingerprint density at radius 1 is 1.38 bits per heavy atom. The van der Waals surface area contributed by atoms with Gasteiger partial charge in [0.2, 0.25) is 0 Å². The molecule has 0 radical (unpaired) electrons. The Morgan fingerprint density at radius 3 is 2.92 bits per heavy atom. The van der Waals surface area contributed by atoms with E-state index in [0.29, 0.717) is 39.4 Å². The van der Waals surface area contributed by atoms with Crippen LogP contribution < -0.4 is 10.9 Å². The summed E-state index contributed by atoms with van der Waals surface area (Å²) in [6, 6.07) is 5.72. The predicted molar refractivity (Wildman–Crippen MR) is 103 cm³/mol. The van der Waals surface area contributed by atoms with E-state index >= 15 is 0 Å². The van der Waals surface area contributed by atoms with E-state index < -0.39 is 0 Å². The van der Waals surface area contributed by atoms with E-state index in [1.165, 1.54) is 11.3 Å². The highest BCUT2D eigenvalue weighted by Crippen LogP contribution is 2.26. The van der Waals surface area contributed by atoms with E-state index in [2.05, 4.69) is 15.3 Å². The number of ether oxygens (including phenoxy) is 1. The van der Waals surface area contributed by atoms with Crippen molar-refractivity contribution in [3.63, 3.8) is 0 Å². The number of aromatic nitrogens is 3. The minimum Gasteiger partial charge on any atom is -0.395 e. The second kappa shape index (κ2) is 8.13. The topological polar surface area (TPSA) is 89.3 Å².